The number of halogens is 4. The average Bonchev–Trinajstić information content (AvgIpc) is 2.67. The van der Waals surface area contributed by atoms with Crippen LogP contribution in [0.2, 0.25) is 0 Å². The molecule has 1 aliphatic heterocycles. The zero-order valence-corrected chi connectivity index (χ0v) is 12.2. The Morgan fingerprint density at radius 2 is 2.00 bits per heavy atom. The quantitative estimate of drug-likeness (QED) is 0.463. The maximum atomic E-state index is 13.5. The first-order valence-electron chi connectivity index (χ1n) is 5.78. The van der Waals surface area contributed by atoms with Gasteiger partial charge >= 0.3 is 6.18 Å². The number of aromatic amines is 1. The Balaban J connectivity index is 2.65. The molecule has 0 bridgehead atoms. The molecule has 0 spiro atoms. The van der Waals surface area contributed by atoms with Crippen LogP contribution < -0.4 is 0 Å². The molecular formula is C10H10F4N2O4S2. The van der Waals surface area contributed by atoms with Crippen molar-refractivity contribution in [3.63, 3.8) is 0 Å². The molecule has 6 nitrogen and oxygen atoms in total. The summed E-state index contributed by atoms with van der Waals surface area (Å²) in [7, 11) is 0. The van der Waals surface area contributed by atoms with Gasteiger partial charge in [0.25, 0.3) is 0 Å². The summed E-state index contributed by atoms with van der Waals surface area (Å²) in [5, 5.41) is 28.6. The molecule has 2 heterocycles. The van der Waals surface area contributed by atoms with Crippen molar-refractivity contribution in [1.29, 1.82) is 0 Å². The number of rotatable bonds is 2. The Hall–Kier alpha value is -0.920. The molecule has 0 amide bonds. The predicted molar refractivity (Wildman–Crippen MR) is 68.4 cm³/mol. The molecule has 12 heteroatoms. The third-order valence-corrected chi connectivity index (χ3v) is 3.90. The van der Waals surface area contributed by atoms with Crippen LogP contribution in [0.15, 0.2) is 6.20 Å². The summed E-state index contributed by atoms with van der Waals surface area (Å²) >= 11 is 9.30. The van der Waals surface area contributed by atoms with E-state index in [0.717, 1.165) is 0 Å². The van der Waals surface area contributed by atoms with Gasteiger partial charge in [0.15, 0.2) is 16.8 Å². The van der Waals surface area contributed by atoms with E-state index in [9.17, 15) is 27.8 Å². The van der Waals surface area contributed by atoms with Gasteiger partial charge in [-0.05, 0) is 12.2 Å². The molecule has 1 aromatic heterocycles. The molecular weight excluding hydrogens is 352 g/mol. The number of hydrogen-bond donors (Lipinski definition) is 4. The maximum absolute atomic E-state index is 13.5. The zero-order chi connectivity index (χ0) is 16.9. The van der Waals surface area contributed by atoms with Crippen molar-refractivity contribution < 1.29 is 37.6 Å². The Morgan fingerprint density at radius 1 is 1.41 bits per heavy atom. The van der Waals surface area contributed by atoms with Crippen molar-refractivity contribution in [3.8, 4) is 0 Å². The van der Waals surface area contributed by atoms with Crippen molar-refractivity contribution in [2.45, 2.75) is 30.2 Å². The predicted octanol–water partition coefficient (Wildman–Crippen LogP) is 0.958. The van der Waals surface area contributed by atoms with Crippen LogP contribution >= 0.6 is 24.4 Å². The molecule has 1 aromatic rings. The molecule has 2 rings (SSSR count). The summed E-state index contributed by atoms with van der Waals surface area (Å²) in [5.41, 5.74) is -3.79. The molecule has 4 N–H and O–H groups in total. The van der Waals surface area contributed by atoms with Gasteiger partial charge in [0.2, 0.25) is 5.60 Å². The standard InChI is InChI=1S/C10H10F4N2O4S2/c11-3-1-16(8(22)15-6(3)21)7-9(19,10(12,13)14)5(18)4(2-17)20-7/h1,4-5,7,17-19H,2H2,(H,15,21,22)/t4-,5+,7-,9?/m1/s1. The van der Waals surface area contributed by atoms with Gasteiger partial charge in [-0.1, -0.05) is 12.2 Å². The zero-order valence-electron chi connectivity index (χ0n) is 10.5. The smallest absolute Gasteiger partial charge is 0.394 e. The second-order valence-electron chi connectivity index (χ2n) is 4.62. The highest BCUT2D eigenvalue weighted by Gasteiger charge is 2.70. The first-order valence-corrected chi connectivity index (χ1v) is 6.60. The number of alkyl halides is 3. The molecule has 0 aromatic carbocycles. The number of aliphatic hydroxyl groups excluding tert-OH is 2. The number of nitrogens with zero attached hydrogens (tertiary/aromatic N) is 1. The monoisotopic (exact) mass is 362 g/mol. The summed E-state index contributed by atoms with van der Waals surface area (Å²) in [6, 6.07) is 0. The van der Waals surface area contributed by atoms with Gasteiger partial charge in [-0.2, -0.15) is 13.2 Å². The number of nitrogens with one attached hydrogen (secondary N) is 1. The van der Waals surface area contributed by atoms with E-state index in [2.05, 4.69) is 17.2 Å². The number of hydrogen-bond acceptors (Lipinski definition) is 6. The molecule has 0 radical (unpaired) electrons. The lowest BCUT2D eigenvalue weighted by molar-refractivity contribution is -0.304. The van der Waals surface area contributed by atoms with Crippen LogP contribution in [0.25, 0.3) is 0 Å². The summed E-state index contributed by atoms with van der Waals surface area (Å²) in [6.45, 7) is -0.991. The second-order valence-corrected chi connectivity index (χ2v) is 5.42. The summed E-state index contributed by atoms with van der Waals surface area (Å²) in [4.78, 5) is 2.14. The van der Waals surface area contributed by atoms with E-state index in [1.165, 1.54) is 0 Å². The minimum absolute atomic E-state index is 0.436. The van der Waals surface area contributed by atoms with Crippen LogP contribution in [-0.2, 0) is 4.74 Å². The van der Waals surface area contributed by atoms with Crippen LogP contribution in [0.4, 0.5) is 17.6 Å². The minimum Gasteiger partial charge on any atom is -0.394 e. The third-order valence-electron chi connectivity index (χ3n) is 3.29. The SMILES string of the molecule is OC[C@H]1O[C@@H](n2cc(F)c(=S)[nH]c2=S)C(O)(C(F)(F)F)[C@H]1O. The topological polar surface area (TPSA) is 90.6 Å². The number of H-pyrrole nitrogens is 1. The van der Waals surface area contributed by atoms with E-state index in [0.29, 0.717) is 10.8 Å². The van der Waals surface area contributed by atoms with Crippen molar-refractivity contribution >= 4 is 24.4 Å². The molecule has 1 aliphatic rings. The minimum atomic E-state index is -5.33. The highest BCUT2D eigenvalue weighted by molar-refractivity contribution is 7.72. The van der Waals surface area contributed by atoms with E-state index >= 15 is 0 Å². The largest absolute Gasteiger partial charge is 0.424 e. The summed E-state index contributed by atoms with van der Waals surface area (Å²) < 4.78 is 57.5. The van der Waals surface area contributed by atoms with Gasteiger partial charge in [0.1, 0.15) is 16.8 Å². The van der Waals surface area contributed by atoms with Crippen LogP contribution in [0.3, 0.4) is 0 Å². The molecule has 0 aliphatic carbocycles. The number of ether oxygens (including phenoxy) is 1. The number of aliphatic hydroxyl groups is 3. The van der Waals surface area contributed by atoms with Crippen molar-refractivity contribution in [2.24, 2.45) is 0 Å². The molecule has 1 saturated heterocycles. The molecule has 0 saturated carbocycles. The van der Waals surface area contributed by atoms with Crippen molar-refractivity contribution in [2.75, 3.05) is 6.61 Å². The molecule has 4 atom stereocenters. The maximum Gasteiger partial charge on any atom is 0.424 e. The van der Waals surface area contributed by atoms with Gasteiger partial charge in [-0.15, -0.1) is 0 Å². The molecule has 22 heavy (non-hydrogen) atoms. The van der Waals surface area contributed by atoms with Gasteiger partial charge in [-0.3, -0.25) is 4.57 Å². The van der Waals surface area contributed by atoms with E-state index in [-0.39, 0.29) is 0 Å². The third kappa shape index (κ3) is 2.49. The van der Waals surface area contributed by atoms with Gasteiger partial charge in [0.05, 0.1) is 6.61 Å². The number of aromatic nitrogens is 2. The fourth-order valence-corrected chi connectivity index (χ4v) is 2.60. The lowest BCUT2D eigenvalue weighted by atomic mass is 9.93. The van der Waals surface area contributed by atoms with Gasteiger partial charge in [-0.25, -0.2) is 4.39 Å². The van der Waals surface area contributed by atoms with Crippen molar-refractivity contribution in [3.05, 3.63) is 21.4 Å². The van der Waals surface area contributed by atoms with Crippen LogP contribution in [0.1, 0.15) is 6.23 Å². The van der Waals surface area contributed by atoms with E-state index in [1.54, 1.807) is 0 Å². The lowest BCUT2D eigenvalue weighted by Gasteiger charge is -2.33. The molecule has 124 valence electrons. The van der Waals surface area contributed by atoms with Crippen LogP contribution in [0, 0.1) is 15.2 Å². The highest BCUT2D eigenvalue weighted by atomic mass is 32.1. The Bertz CT molecular complexity index is 691. The highest BCUT2D eigenvalue weighted by Crippen LogP contribution is 2.48. The fraction of sp³-hybridized carbons (Fsp3) is 0.600. The molecule has 1 fully saturated rings. The van der Waals surface area contributed by atoms with E-state index < -0.39 is 52.0 Å². The van der Waals surface area contributed by atoms with E-state index in [1.807, 2.05) is 0 Å². The fourth-order valence-electron chi connectivity index (χ4n) is 2.14. The van der Waals surface area contributed by atoms with E-state index in [4.69, 9.17) is 22.1 Å². The second kappa shape index (κ2) is 5.62. The summed E-state index contributed by atoms with van der Waals surface area (Å²) in [5.74, 6) is -1.10. The Kier molecular flexibility index (Phi) is 4.45. The van der Waals surface area contributed by atoms with Gasteiger partial charge in [0, 0.05) is 6.20 Å². The van der Waals surface area contributed by atoms with Gasteiger partial charge < -0.3 is 25.0 Å². The van der Waals surface area contributed by atoms with Crippen LogP contribution in [-0.4, -0.2) is 55.5 Å². The first-order chi connectivity index (χ1) is 10.0. The lowest BCUT2D eigenvalue weighted by Crippen LogP contribution is -2.57. The Morgan fingerprint density at radius 3 is 2.50 bits per heavy atom. The summed E-state index contributed by atoms with van der Waals surface area (Å²) in [6.07, 6.45) is -11.3. The molecule has 1 unspecified atom stereocenters. The normalized spacial score (nSPS) is 32.4. The van der Waals surface area contributed by atoms with Crippen molar-refractivity contribution in [1.82, 2.24) is 9.55 Å². The Labute approximate surface area is 130 Å². The average molecular weight is 362 g/mol. The first kappa shape index (κ1) is 17.4. The van der Waals surface area contributed by atoms with Crippen LogP contribution in [0.5, 0.6) is 0 Å².